The van der Waals surface area contributed by atoms with Crippen LogP contribution in [0.1, 0.15) is 18.1 Å². The first kappa shape index (κ1) is 20.2. The van der Waals surface area contributed by atoms with E-state index in [-0.39, 0.29) is 11.9 Å². The van der Waals surface area contributed by atoms with Gasteiger partial charge in [0.2, 0.25) is 5.91 Å². The molecule has 7 heteroatoms. The Bertz CT molecular complexity index is 930. The molecule has 2 aliphatic rings. The van der Waals surface area contributed by atoms with Gasteiger partial charge in [-0.2, -0.15) is 5.26 Å². The molecule has 1 atom stereocenters. The Hall–Kier alpha value is -3.08. The third kappa shape index (κ3) is 4.73. The lowest BCUT2D eigenvalue weighted by molar-refractivity contribution is -0.121. The molecule has 1 fully saturated rings. The Kier molecular flexibility index (Phi) is 6.17. The van der Waals surface area contributed by atoms with Gasteiger partial charge in [-0.1, -0.05) is 12.1 Å². The number of fused-ring (bicyclic) bond motifs is 1. The fourth-order valence-electron chi connectivity index (χ4n) is 3.79. The van der Waals surface area contributed by atoms with Crippen molar-refractivity contribution in [3.8, 4) is 17.6 Å². The number of ether oxygens (including phenoxy) is 2. The largest absolute Gasteiger partial charge is 0.486 e. The maximum absolute atomic E-state index is 12.7. The predicted octanol–water partition coefficient (Wildman–Crippen LogP) is 2.47. The number of carbonyl (C=O) groups is 1. The molecule has 2 aliphatic heterocycles. The zero-order chi connectivity index (χ0) is 20.9. The summed E-state index contributed by atoms with van der Waals surface area (Å²) in [5.74, 6) is 1.36. The number of benzene rings is 2. The topological polar surface area (TPSA) is 77.8 Å². The van der Waals surface area contributed by atoms with Crippen molar-refractivity contribution in [2.45, 2.75) is 19.5 Å². The van der Waals surface area contributed by atoms with Gasteiger partial charge < -0.3 is 14.8 Å². The second kappa shape index (κ2) is 9.16. The molecule has 2 aromatic carbocycles. The van der Waals surface area contributed by atoms with Gasteiger partial charge >= 0.3 is 0 Å². The Labute approximate surface area is 176 Å². The lowest BCUT2D eigenvalue weighted by Crippen LogP contribution is -2.52. The number of nitriles is 1. The van der Waals surface area contributed by atoms with Crippen molar-refractivity contribution in [3.63, 3.8) is 0 Å². The third-order valence-electron chi connectivity index (χ3n) is 5.63. The normalized spacial score (nSPS) is 17.7. The van der Waals surface area contributed by atoms with E-state index in [1.807, 2.05) is 49.4 Å². The van der Waals surface area contributed by atoms with Crippen LogP contribution in [0.5, 0.6) is 11.5 Å². The van der Waals surface area contributed by atoms with Crippen molar-refractivity contribution in [1.29, 1.82) is 5.26 Å². The summed E-state index contributed by atoms with van der Waals surface area (Å²) in [4.78, 5) is 17.3. The van der Waals surface area contributed by atoms with E-state index in [1.54, 1.807) is 0 Å². The Balaban J connectivity index is 1.27. The average Bonchev–Trinajstić information content (AvgIpc) is 2.79. The van der Waals surface area contributed by atoms with Crippen molar-refractivity contribution < 1.29 is 14.3 Å². The SMILES string of the molecule is CC(C(=O)Nc1ccc2c(c1)OCCO2)N1CCN(Cc2ccc(C#N)cc2)CC1. The molecule has 0 aromatic heterocycles. The van der Waals surface area contributed by atoms with Gasteiger partial charge in [0, 0.05) is 44.5 Å². The maximum Gasteiger partial charge on any atom is 0.241 e. The molecule has 2 heterocycles. The number of anilines is 1. The van der Waals surface area contributed by atoms with Gasteiger partial charge in [-0.15, -0.1) is 0 Å². The fraction of sp³-hybridized carbons (Fsp3) is 0.391. The summed E-state index contributed by atoms with van der Waals surface area (Å²) in [6.45, 7) is 7.36. The predicted molar refractivity (Wildman–Crippen MR) is 114 cm³/mol. The number of piperazine rings is 1. The van der Waals surface area contributed by atoms with E-state index >= 15 is 0 Å². The van der Waals surface area contributed by atoms with Crippen molar-refractivity contribution in [1.82, 2.24) is 9.80 Å². The first-order chi connectivity index (χ1) is 14.6. The molecule has 1 amide bonds. The third-order valence-corrected chi connectivity index (χ3v) is 5.63. The number of carbonyl (C=O) groups excluding carboxylic acids is 1. The molecule has 30 heavy (non-hydrogen) atoms. The van der Waals surface area contributed by atoms with Crippen LogP contribution in [0.15, 0.2) is 42.5 Å². The molecule has 1 unspecified atom stereocenters. The molecule has 0 saturated carbocycles. The molecule has 0 bridgehead atoms. The van der Waals surface area contributed by atoms with Gasteiger partial charge in [0.1, 0.15) is 13.2 Å². The number of rotatable bonds is 5. The van der Waals surface area contributed by atoms with E-state index in [2.05, 4.69) is 21.2 Å². The van der Waals surface area contributed by atoms with Gasteiger partial charge in [-0.25, -0.2) is 0 Å². The number of hydrogen-bond acceptors (Lipinski definition) is 6. The van der Waals surface area contributed by atoms with Crippen molar-refractivity contribution in [2.24, 2.45) is 0 Å². The Morgan fingerprint density at radius 3 is 2.47 bits per heavy atom. The maximum atomic E-state index is 12.7. The zero-order valence-corrected chi connectivity index (χ0v) is 17.1. The molecule has 0 aliphatic carbocycles. The van der Waals surface area contributed by atoms with Gasteiger partial charge in [0.25, 0.3) is 0 Å². The summed E-state index contributed by atoms with van der Waals surface area (Å²) in [5, 5.41) is 11.9. The van der Waals surface area contributed by atoms with Crippen LogP contribution in [0.3, 0.4) is 0 Å². The quantitative estimate of drug-likeness (QED) is 0.822. The summed E-state index contributed by atoms with van der Waals surface area (Å²) in [7, 11) is 0. The molecule has 7 nitrogen and oxygen atoms in total. The first-order valence-corrected chi connectivity index (χ1v) is 10.3. The van der Waals surface area contributed by atoms with Crippen LogP contribution in [0.25, 0.3) is 0 Å². The standard InChI is InChI=1S/C23H26N4O3/c1-17(23(28)25-20-6-7-21-22(14-20)30-13-12-29-21)27-10-8-26(9-11-27)16-19-4-2-18(15-24)3-5-19/h2-7,14,17H,8-13,16H2,1H3,(H,25,28). The number of nitrogens with zero attached hydrogens (tertiary/aromatic N) is 3. The van der Waals surface area contributed by atoms with E-state index in [4.69, 9.17) is 14.7 Å². The minimum absolute atomic E-state index is 0.0211. The highest BCUT2D eigenvalue weighted by molar-refractivity contribution is 5.94. The molecule has 1 N–H and O–H groups in total. The number of nitrogens with one attached hydrogen (secondary N) is 1. The van der Waals surface area contributed by atoms with E-state index < -0.39 is 0 Å². The zero-order valence-electron chi connectivity index (χ0n) is 17.1. The molecule has 156 valence electrons. The van der Waals surface area contributed by atoms with Gasteiger partial charge in [0.15, 0.2) is 11.5 Å². The number of hydrogen-bond donors (Lipinski definition) is 1. The van der Waals surface area contributed by atoms with Crippen LogP contribution in [0, 0.1) is 11.3 Å². The van der Waals surface area contributed by atoms with Crippen LogP contribution >= 0.6 is 0 Å². The highest BCUT2D eigenvalue weighted by Gasteiger charge is 2.26. The molecule has 2 aromatic rings. The minimum Gasteiger partial charge on any atom is -0.486 e. The van der Waals surface area contributed by atoms with Crippen molar-refractivity contribution >= 4 is 11.6 Å². The monoisotopic (exact) mass is 406 g/mol. The Morgan fingerprint density at radius 1 is 1.07 bits per heavy atom. The van der Waals surface area contributed by atoms with Gasteiger partial charge in [-0.05, 0) is 36.8 Å². The molecule has 1 saturated heterocycles. The van der Waals surface area contributed by atoms with Crippen LogP contribution < -0.4 is 14.8 Å². The summed E-state index contributed by atoms with van der Waals surface area (Å²) >= 11 is 0. The second-order valence-electron chi connectivity index (χ2n) is 7.64. The summed E-state index contributed by atoms with van der Waals surface area (Å²) in [6.07, 6.45) is 0. The molecule has 0 radical (unpaired) electrons. The highest BCUT2D eigenvalue weighted by atomic mass is 16.6. The summed E-state index contributed by atoms with van der Waals surface area (Å²) in [6, 6.07) is 15.2. The van der Waals surface area contributed by atoms with Crippen LogP contribution in [-0.4, -0.2) is 61.1 Å². The second-order valence-corrected chi connectivity index (χ2v) is 7.64. The fourth-order valence-corrected chi connectivity index (χ4v) is 3.79. The van der Waals surface area contributed by atoms with Crippen LogP contribution in [-0.2, 0) is 11.3 Å². The van der Waals surface area contributed by atoms with Gasteiger partial charge in [-0.3, -0.25) is 14.6 Å². The van der Waals surface area contributed by atoms with Gasteiger partial charge in [0.05, 0.1) is 17.7 Å². The summed E-state index contributed by atoms with van der Waals surface area (Å²) < 4.78 is 11.1. The lowest BCUT2D eigenvalue weighted by atomic mass is 10.1. The number of amides is 1. The van der Waals surface area contributed by atoms with Crippen LogP contribution in [0.4, 0.5) is 5.69 Å². The highest BCUT2D eigenvalue weighted by Crippen LogP contribution is 2.32. The average molecular weight is 406 g/mol. The van der Waals surface area contributed by atoms with E-state index in [9.17, 15) is 4.79 Å². The molecular formula is C23H26N4O3. The van der Waals surface area contributed by atoms with Crippen molar-refractivity contribution in [2.75, 3.05) is 44.7 Å². The van der Waals surface area contributed by atoms with Crippen molar-refractivity contribution in [3.05, 3.63) is 53.6 Å². The van der Waals surface area contributed by atoms with E-state index in [1.165, 1.54) is 5.56 Å². The van der Waals surface area contributed by atoms with E-state index in [0.29, 0.717) is 30.3 Å². The first-order valence-electron chi connectivity index (χ1n) is 10.3. The van der Waals surface area contributed by atoms with Crippen LogP contribution in [0.2, 0.25) is 0 Å². The summed E-state index contributed by atoms with van der Waals surface area (Å²) in [5.41, 5.74) is 2.60. The smallest absolute Gasteiger partial charge is 0.241 e. The molecule has 0 spiro atoms. The minimum atomic E-state index is -0.213. The molecule has 4 rings (SSSR count). The van der Waals surface area contributed by atoms with E-state index in [0.717, 1.165) is 38.4 Å². The lowest BCUT2D eigenvalue weighted by Gasteiger charge is -2.37. The Morgan fingerprint density at radius 2 is 1.77 bits per heavy atom. The molecular weight excluding hydrogens is 380 g/mol.